The molecule has 170 valence electrons. The molecule has 1 fully saturated rings. The second kappa shape index (κ2) is 17.6. The van der Waals surface area contributed by atoms with Crippen molar-refractivity contribution in [3.63, 3.8) is 0 Å². The van der Waals surface area contributed by atoms with E-state index in [4.69, 9.17) is 19.9 Å². The molecule has 1 rings (SSSR count). The molecule has 0 radical (unpaired) electrons. The highest BCUT2D eigenvalue weighted by molar-refractivity contribution is 5.80. The highest BCUT2D eigenvalue weighted by Gasteiger charge is 2.28. The summed E-state index contributed by atoms with van der Waals surface area (Å²) in [5, 5.41) is 3.00. The zero-order valence-electron chi connectivity index (χ0n) is 18.2. The number of rotatable bonds is 17. The molecule has 0 aromatic carbocycles. The maximum Gasteiger partial charge on any atom is 0.248 e. The van der Waals surface area contributed by atoms with Gasteiger partial charge in [-0.25, -0.2) is 0 Å². The van der Waals surface area contributed by atoms with Crippen molar-refractivity contribution in [2.75, 3.05) is 59.8 Å². The first-order valence-corrected chi connectivity index (χ1v) is 11.1. The van der Waals surface area contributed by atoms with Crippen LogP contribution >= 0.6 is 0 Å². The van der Waals surface area contributed by atoms with Crippen LogP contribution in [0.5, 0.6) is 0 Å². The van der Waals surface area contributed by atoms with Crippen molar-refractivity contribution in [2.24, 2.45) is 5.73 Å². The number of nitrogens with two attached hydrogens (primary N) is 1. The van der Waals surface area contributed by atoms with Crippen LogP contribution in [0, 0.1) is 0 Å². The summed E-state index contributed by atoms with van der Waals surface area (Å²) in [4.78, 5) is 26.6. The van der Waals surface area contributed by atoms with Crippen LogP contribution in [0.1, 0.15) is 57.8 Å². The Morgan fingerprint density at radius 3 is 2.52 bits per heavy atom. The third-order valence-electron chi connectivity index (χ3n) is 5.10. The summed E-state index contributed by atoms with van der Waals surface area (Å²) >= 11 is 0. The van der Waals surface area contributed by atoms with Gasteiger partial charge in [0.05, 0.1) is 26.4 Å². The molecule has 8 heteroatoms. The lowest BCUT2D eigenvalue weighted by Crippen LogP contribution is -2.47. The van der Waals surface area contributed by atoms with Gasteiger partial charge in [0.1, 0.15) is 6.61 Å². The fourth-order valence-electron chi connectivity index (χ4n) is 3.46. The van der Waals surface area contributed by atoms with E-state index in [0.29, 0.717) is 45.9 Å². The number of methoxy groups -OCH3 is 1. The summed E-state index contributed by atoms with van der Waals surface area (Å²) < 4.78 is 15.6. The number of amides is 2. The Labute approximate surface area is 175 Å². The van der Waals surface area contributed by atoms with E-state index in [1.165, 1.54) is 0 Å². The van der Waals surface area contributed by atoms with E-state index in [2.05, 4.69) is 5.32 Å². The van der Waals surface area contributed by atoms with Crippen molar-refractivity contribution in [3.05, 3.63) is 0 Å². The third-order valence-corrected chi connectivity index (χ3v) is 5.10. The monoisotopic (exact) mass is 415 g/mol. The molecule has 0 saturated carbocycles. The van der Waals surface area contributed by atoms with Crippen LogP contribution < -0.4 is 11.1 Å². The second-order valence-electron chi connectivity index (χ2n) is 7.51. The van der Waals surface area contributed by atoms with Crippen LogP contribution in [-0.2, 0) is 23.8 Å². The number of hydrogen-bond acceptors (Lipinski definition) is 6. The minimum atomic E-state index is -0.0423. The number of likely N-dealkylation sites (tertiary alicyclic amines) is 1. The number of unbranched alkanes of at least 4 members (excludes halogenated alkanes) is 4. The van der Waals surface area contributed by atoms with Gasteiger partial charge in [-0.15, -0.1) is 0 Å². The van der Waals surface area contributed by atoms with Crippen LogP contribution in [0.2, 0.25) is 0 Å². The normalized spacial score (nSPS) is 16.8. The molecule has 29 heavy (non-hydrogen) atoms. The topological polar surface area (TPSA) is 103 Å². The van der Waals surface area contributed by atoms with E-state index >= 15 is 0 Å². The standard InChI is InChI=1S/C21H41N3O5/c1-27-13-14-28-15-16-29-18-21(26)24-12-8-5-9-19(24)17-20(25)23-11-7-4-2-3-6-10-22/h19H,2-18,22H2,1H3,(H,23,25). The van der Waals surface area contributed by atoms with Crippen molar-refractivity contribution in [2.45, 2.75) is 63.8 Å². The molecule has 0 spiro atoms. The quantitative estimate of drug-likeness (QED) is 0.349. The number of nitrogens with zero attached hydrogens (tertiary/aromatic N) is 1. The first kappa shape index (κ1) is 25.8. The Morgan fingerprint density at radius 1 is 1.00 bits per heavy atom. The van der Waals surface area contributed by atoms with E-state index in [-0.39, 0.29) is 24.5 Å². The van der Waals surface area contributed by atoms with Gasteiger partial charge in [0.25, 0.3) is 0 Å². The smallest absolute Gasteiger partial charge is 0.248 e. The molecule has 1 aliphatic rings. The van der Waals surface area contributed by atoms with Gasteiger partial charge in [-0.3, -0.25) is 9.59 Å². The van der Waals surface area contributed by atoms with E-state index in [1.54, 1.807) is 7.11 Å². The fraction of sp³-hybridized carbons (Fsp3) is 0.905. The van der Waals surface area contributed by atoms with Gasteiger partial charge < -0.3 is 30.2 Å². The Balaban J connectivity index is 2.20. The van der Waals surface area contributed by atoms with Gasteiger partial charge in [0, 0.05) is 32.7 Å². The van der Waals surface area contributed by atoms with Gasteiger partial charge in [-0.05, 0) is 38.6 Å². The molecule has 0 aromatic heterocycles. The largest absolute Gasteiger partial charge is 0.382 e. The number of hydrogen-bond donors (Lipinski definition) is 2. The maximum atomic E-state index is 12.5. The summed E-state index contributed by atoms with van der Waals surface area (Å²) in [6, 6.07) is -0.0256. The number of carbonyl (C=O) groups is 2. The molecule has 0 aliphatic carbocycles. The lowest BCUT2D eigenvalue weighted by molar-refractivity contribution is -0.141. The number of piperidine rings is 1. The molecule has 8 nitrogen and oxygen atoms in total. The van der Waals surface area contributed by atoms with Crippen LogP contribution in [0.25, 0.3) is 0 Å². The van der Waals surface area contributed by atoms with Crippen LogP contribution in [0.15, 0.2) is 0 Å². The molecule has 1 aliphatic heterocycles. The summed E-state index contributed by atoms with van der Waals surface area (Å²) in [6.07, 6.45) is 8.77. The first-order chi connectivity index (χ1) is 14.2. The van der Waals surface area contributed by atoms with E-state index in [9.17, 15) is 9.59 Å². The summed E-state index contributed by atoms with van der Waals surface area (Å²) in [6.45, 7) is 4.07. The minimum Gasteiger partial charge on any atom is -0.382 e. The first-order valence-electron chi connectivity index (χ1n) is 11.1. The number of ether oxygens (including phenoxy) is 3. The van der Waals surface area contributed by atoms with Gasteiger partial charge in [0.2, 0.25) is 11.8 Å². The third kappa shape index (κ3) is 12.8. The zero-order valence-corrected chi connectivity index (χ0v) is 18.2. The minimum absolute atomic E-state index is 0.0256. The Kier molecular flexibility index (Phi) is 15.7. The van der Waals surface area contributed by atoms with E-state index < -0.39 is 0 Å². The molecule has 1 saturated heterocycles. The Morgan fingerprint density at radius 2 is 1.72 bits per heavy atom. The van der Waals surface area contributed by atoms with Crippen LogP contribution in [0.4, 0.5) is 0 Å². The average Bonchev–Trinajstić information content (AvgIpc) is 2.72. The zero-order chi connectivity index (χ0) is 21.2. The number of nitrogens with one attached hydrogen (secondary N) is 1. The summed E-state index contributed by atoms with van der Waals surface area (Å²) in [7, 11) is 1.62. The van der Waals surface area contributed by atoms with Crippen molar-refractivity contribution in [3.8, 4) is 0 Å². The van der Waals surface area contributed by atoms with Gasteiger partial charge in [-0.1, -0.05) is 19.3 Å². The van der Waals surface area contributed by atoms with E-state index in [0.717, 1.165) is 57.9 Å². The molecule has 1 heterocycles. The lowest BCUT2D eigenvalue weighted by atomic mass is 9.99. The van der Waals surface area contributed by atoms with Crippen LogP contribution in [0.3, 0.4) is 0 Å². The summed E-state index contributed by atoms with van der Waals surface area (Å²) in [5.74, 6) is -0.0107. The molecule has 0 aromatic rings. The highest BCUT2D eigenvalue weighted by atomic mass is 16.5. The van der Waals surface area contributed by atoms with Gasteiger partial charge in [-0.2, -0.15) is 0 Å². The highest BCUT2D eigenvalue weighted by Crippen LogP contribution is 2.20. The number of carbonyl (C=O) groups excluding carboxylic acids is 2. The van der Waals surface area contributed by atoms with Crippen molar-refractivity contribution in [1.29, 1.82) is 0 Å². The average molecular weight is 416 g/mol. The Hall–Kier alpha value is -1.22. The van der Waals surface area contributed by atoms with Crippen LogP contribution in [-0.4, -0.2) is 82.5 Å². The molecule has 2 amide bonds. The fourth-order valence-corrected chi connectivity index (χ4v) is 3.46. The predicted octanol–water partition coefficient (Wildman–Crippen LogP) is 1.46. The molecular weight excluding hydrogens is 374 g/mol. The van der Waals surface area contributed by atoms with Gasteiger partial charge in [0.15, 0.2) is 0 Å². The Bertz CT molecular complexity index is 437. The molecule has 0 bridgehead atoms. The van der Waals surface area contributed by atoms with Crippen molar-refractivity contribution >= 4 is 11.8 Å². The SMILES string of the molecule is COCCOCCOCC(=O)N1CCCCC1CC(=O)NCCCCCCCN. The molecule has 3 N–H and O–H groups in total. The van der Waals surface area contributed by atoms with E-state index in [1.807, 2.05) is 4.90 Å². The molecule has 1 unspecified atom stereocenters. The maximum absolute atomic E-state index is 12.5. The lowest BCUT2D eigenvalue weighted by Gasteiger charge is -2.35. The molecular formula is C21H41N3O5. The second-order valence-corrected chi connectivity index (χ2v) is 7.51. The van der Waals surface area contributed by atoms with Crippen molar-refractivity contribution < 1.29 is 23.8 Å². The predicted molar refractivity (Wildman–Crippen MR) is 113 cm³/mol. The van der Waals surface area contributed by atoms with Gasteiger partial charge >= 0.3 is 0 Å². The van der Waals surface area contributed by atoms with Crippen molar-refractivity contribution in [1.82, 2.24) is 10.2 Å². The molecule has 1 atom stereocenters. The summed E-state index contributed by atoms with van der Waals surface area (Å²) in [5.41, 5.74) is 5.48.